The maximum atomic E-state index is 11.4. The summed E-state index contributed by atoms with van der Waals surface area (Å²) in [6.45, 7) is 0. The minimum Gasteiger partial charge on any atom is -0.465 e. The van der Waals surface area contributed by atoms with E-state index >= 15 is 0 Å². The van der Waals surface area contributed by atoms with Gasteiger partial charge in [-0.2, -0.15) is 16.3 Å². The van der Waals surface area contributed by atoms with Crippen LogP contribution in [-0.2, 0) is 4.74 Å². The first-order valence-electron chi connectivity index (χ1n) is 6.59. The highest BCUT2D eigenvalue weighted by Crippen LogP contribution is 2.25. The molecule has 23 heavy (non-hydrogen) atoms. The number of carbonyl (C=O) groups is 1. The zero-order valence-electron chi connectivity index (χ0n) is 12.0. The molecule has 0 N–H and O–H groups in total. The topological polar surface area (TPSA) is 65.2 Å². The van der Waals surface area contributed by atoms with Crippen LogP contribution < -0.4 is 0 Å². The van der Waals surface area contributed by atoms with E-state index in [2.05, 4.69) is 14.9 Å². The van der Waals surface area contributed by atoms with Crippen LogP contribution in [0.25, 0.3) is 22.5 Å². The summed E-state index contributed by atoms with van der Waals surface area (Å²) in [5, 5.41) is 8.09. The average Bonchev–Trinajstić information content (AvgIpc) is 3.25. The summed E-state index contributed by atoms with van der Waals surface area (Å²) >= 11 is 7.77. The highest BCUT2D eigenvalue weighted by molar-refractivity contribution is 7.08. The highest BCUT2D eigenvalue weighted by Gasteiger charge is 2.12. The Morgan fingerprint density at radius 3 is 2.74 bits per heavy atom. The van der Waals surface area contributed by atoms with Crippen LogP contribution in [0.2, 0.25) is 0 Å². The first-order chi connectivity index (χ1) is 11.2. The van der Waals surface area contributed by atoms with E-state index in [1.807, 2.05) is 16.8 Å². The van der Waals surface area contributed by atoms with Gasteiger partial charge in [0.2, 0.25) is 5.82 Å². The van der Waals surface area contributed by atoms with E-state index in [1.165, 1.54) is 7.11 Å². The summed E-state index contributed by atoms with van der Waals surface area (Å²) in [6.07, 6.45) is 1.69. The number of hydrogen-bond donors (Lipinski definition) is 0. The molecule has 0 amide bonds. The molecule has 0 spiro atoms. The number of hydrogen-bond acceptors (Lipinski definition) is 6. The summed E-state index contributed by atoms with van der Waals surface area (Å²) in [4.78, 5) is 15.6. The second-order valence-electron chi connectivity index (χ2n) is 4.54. The Hall–Kier alpha value is -2.44. The van der Waals surface area contributed by atoms with Crippen molar-refractivity contribution in [1.29, 1.82) is 0 Å². The van der Waals surface area contributed by atoms with Crippen LogP contribution in [0, 0.1) is 0 Å². The molecule has 0 bridgehead atoms. The fourth-order valence-corrected chi connectivity index (χ4v) is 2.71. The standard InChI is InChI=1S/C16H11ClN2O3S/c1-21-16(20)11-4-2-10(3-5-11)8-13(17)15-18-14(19-22-15)12-6-7-23-9-12/h2-9H,1H3/b13-8-. The lowest BCUT2D eigenvalue weighted by Crippen LogP contribution is -2.00. The first-order valence-corrected chi connectivity index (χ1v) is 7.91. The summed E-state index contributed by atoms with van der Waals surface area (Å²) < 4.78 is 9.82. The van der Waals surface area contributed by atoms with Crippen LogP contribution in [0.3, 0.4) is 0 Å². The molecule has 2 heterocycles. The fraction of sp³-hybridized carbons (Fsp3) is 0.0625. The molecule has 116 valence electrons. The average molecular weight is 347 g/mol. The highest BCUT2D eigenvalue weighted by atomic mass is 35.5. The molecule has 1 aromatic carbocycles. The molecule has 5 nitrogen and oxygen atoms in total. The molecule has 3 rings (SSSR count). The normalized spacial score (nSPS) is 11.5. The van der Waals surface area contributed by atoms with E-state index in [4.69, 9.17) is 16.1 Å². The molecule has 7 heteroatoms. The van der Waals surface area contributed by atoms with E-state index in [9.17, 15) is 4.79 Å². The van der Waals surface area contributed by atoms with Crippen LogP contribution >= 0.6 is 22.9 Å². The van der Waals surface area contributed by atoms with E-state index < -0.39 is 0 Å². The van der Waals surface area contributed by atoms with Gasteiger partial charge < -0.3 is 9.26 Å². The third-order valence-corrected chi connectivity index (χ3v) is 3.99. The molecular weight excluding hydrogens is 336 g/mol. The summed E-state index contributed by atoms with van der Waals surface area (Å²) in [5.74, 6) is 0.350. The van der Waals surface area contributed by atoms with Crippen molar-refractivity contribution in [2.75, 3.05) is 7.11 Å². The monoisotopic (exact) mass is 346 g/mol. The maximum Gasteiger partial charge on any atom is 0.337 e. The number of carbonyl (C=O) groups excluding carboxylic acids is 1. The molecule has 0 aliphatic carbocycles. The summed E-state index contributed by atoms with van der Waals surface area (Å²) in [5.41, 5.74) is 2.16. The molecule has 0 saturated carbocycles. The second kappa shape index (κ2) is 6.76. The van der Waals surface area contributed by atoms with Gasteiger partial charge in [-0.05, 0) is 35.2 Å². The van der Waals surface area contributed by atoms with Crippen molar-refractivity contribution < 1.29 is 14.1 Å². The van der Waals surface area contributed by atoms with Gasteiger partial charge in [0.25, 0.3) is 5.89 Å². The van der Waals surface area contributed by atoms with Gasteiger partial charge in [-0.25, -0.2) is 4.79 Å². The SMILES string of the molecule is COC(=O)c1ccc(/C=C(\Cl)c2nc(-c3ccsc3)no2)cc1. The van der Waals surface area contributed by atoms with Crippen LogP contribution in [0.1, 0.15) is 21.8 Å². The molecule has 0 saturated heterocycles. The number of aromatic nitrogens is 2. The zero-order valence-corrected chi connectivity index (χ0v) is 13.6. The third kappa shape index (κ3) is 3.49. The quantitative estimate of drug-likeness (QED) is 0.658. The largest absolute Gasteiger partial charge is 0.465 e. The van der Waals surface area contributed by atoms with Crippen LogP contribution in [0.4, 0.5) is 0 Å². The molecule has 0 atom stereocenters. The number of rotatable bonds is 4. The number of nitrogens with zero attached hydrogens (tertiary/aromatic N) is 2. The van der Waals surface area contributed by atoms with Crippen LogP contribution in [-0.4, -0.2) is 23.2 Å². The minimum atomic E-state index is -0.385. The van der Waals surface area contributed by atoms with Gasteiger partial charge in [0.1, 0.15) is 5.03 Å². The molecule has 3 aromatic rings. The Bertz CT molecular complexity index is 839. The van der Waals surface area contributed by atoms with Crippen molar-refractivity contribution in [3.05, 3.63) is 58.1 Å². The molecular formula is C16H11ClN2O3S. The first kappa shape index (κ1) is 15.5. The van der Waals surface area contributed by atoms with E-state index in [-0.39, 0.29) is 11.9 Å². The van der Waals surface area contributed by atoms with Gasteiger partial charge in [0, 0.05) is 10.9 Å². The lowest BCUT2D eigenvalue weighted by atomic mass is 10.1. The predicted molar refractivity (Wildman–Crippen MR) is 89.1 cm³/mol. The fourth-order valence-electron chi connectivity index (χ4n) is 1.87. The maximum absolute atomic E-state index is 11.4. The van der Waals surface area contributed by atoms with Crippen molar-refractivity contribution in [2.45, 2.75) is 0 Å². The van der Waals surface area contributed by atoms with Gasteiger partial charge in [0.15, 0.2) is 0 Å². The van der Waals surface area contributed by atoms with Gasteiger partial charge in [0.05, 0.1) is 12.7 Å². The molecule has 0 fully saturated rings. The molecule has 0 unspecified atom stereocenters. The van der Waals surface area contributed by atoms with Crippen molar-refractivity contribution >= 4 is 40.0 Å². The van der Waals surface area contributed by atoms with E-state index in [1.54, 1.807) is 41.7 Å². The van der Waals surface area contributed by atoms with Crippen molar-refractivity contribution in [3.63, 3.8) is 0 Å². The number of esters is 1. The zero-order chi connectivity index (χ0) is 16.2. The van der Waals surface area contributed by atoms with Gasteiger partial charge in [-0.1, -0.05) is 28.9 Å². The van der Waals surface area contributed by atoms with Crippen LogP contribution in [0.15, 0.2) is 45.6 Å². The number of halogens is 1. The van der Waals surface area contributed by atoms with Crippen molar-refractivity contribution in [2.24, 2.45) is 0 Å². The number of ether oxygens (including phenoxy) is 1. The van der Waals surface area contributed by atoms with Gasteiger partial charge >= 0.3 is 5.97 Å². The Balaban J connectivity index is 1.81. The van der Waals surface area contributed by atoms with Gasteiger partial charge in [-0.3, -0.25) is 0 Å². The summed E-state index contributed by atoms with van der Waals surface area (Å²) in [7, 11) is 1.34. The minimum absolute atomic E-state index is 0.241. The lowest BCUT2D eigenvalue weighted by Gasteiger charge is -1.99. The predicted octanol–water partition coefficient (Wildman–Crippen LogP) is 4.32. The number of methoxy groups -OCH3 is 1. The van der Waals surface area contributed by atoms with Gasteiger partial charge in [-0.15, -0.1) is 0 Å². The van der Waals surface area contributed by atoms with E-state index in [0.717, 1.165) is 11.1 Å². The smallest absolute Gasteiger partial charge is 0.337 e. The Kier molecular flexibility index (Phi) is 4.55. The third-order valence-electron chi connectivity index (χ3n) is 3.03. The van der Waals surface area contributed by atoms with Crippen LogP contribution in [0.5, 0.6) is 0 Å². The lowest BCUT2D eigenvalue weighted by molar-refractivity contribution is 0.0600. The number of benzene rings is 1. The number of thiophene rings is 1. The molecule has 0 aliphatic rings. The molecule has 2 aromatic heterocycles. The Labute approximate surface area is 141 Å². The Morgan fingerprint density at radius 2 is 2.09 bits per heavy atom. The van der Waals surface area contributed by atoms with E-state index in [0.29, 0.717) is 16.4 Å². The second-order valence-corrected chi connectivity index (χ2v) is 5.73. The summed E-state index contributed by atoms with van der Waals surface area (Å²) in [6, 6.07) is 8.73. The van der Waals surface area contributed by atoms with Crippen molar-refractivity contribution in [3.8, 4) is 11.4 Å². The molecule has 0 aliphatic heterocycles. The Morgan fingerprint density at radius 1 is 1.30 bits per heavy atom. The molecule has 0 radical (unpaired) electrons. The van der Waals surface area contributed by atoms with Crippen molar-refractivity contribution in [1.82, 2.24) is 10.1 Å².